The number of aromatic hydroxyl groups is 1. The molecule has 1 aromatic rings. The van der Waals surface area contributed by atoms with Gasteiger partial charge in [-0.25, -0.2) is 0 Å². The first-order valence-corrected chi connectivity index (χ1v) is 11.2. The molecule has 11 heteroatoms. The minimum atomic E-state index is -2.73. The third kappa shape index (κ3) is 3.05. The van der Waals surface area contributed by atoms with Gasteiger partial charge in [-0.1, -0.05) is 11.6 Å². The fourth-order valence-electron chi connectivity index (χ4n) is 6.12. The van der Waals surface area contributed by atoms with Crippen LogP contribution in [0.5, 0.6) is 5.75 Å². The number of nitrogens with zero attached hydrogens (tertiary/aromatic N) is 2. The molecule has 182 valence electrons. The number of hydrogen-bond acceptors (Lipinski definition) is 9. The summed E-state index contributed by atoms with van der Waals surface area (Å²) in [7, 11) is 6.53. The summed E-state index contributed by atoms with van der Waals surface area (Å²) in [6, 6.07) is 0.0803. The second-order valence-corrected chi connectivity index (χ2v) is 10.2. The quantitative estimate of drug-likeness (QED) is 0.477. The molecule has 6 atom stereocenters. The Hall–Kier alpha value is -2.82. The van der Waals surface area contributed by atoms with E-state index in [2.05, 4.69) is 0 Å². The Kier molecular flexibility index (Phi) is 5.62. The summed E-state index contributed by atoms with van der Waals surface area (Å²) in [5.41, 5.74) is 3.46. The number of phenolic OH excluding ortho intramolecular Hbond substituents is 1. The van der Waals surface area contributed by atoms with Gasteiger partial charge in [0.15, 0.2) is 34.7 Å². The molecule has 10 nitrogen and oxygen atoms in total. The Morgan fingerprint density at radius 1 is 1.15 bits per heavy atom. The average Bonchev–Trinajstić information content (AvgIpc) is 2.69. The molecular formula is C23H26ClN3O7. The number of hydrogen-bond donors (Lipinski definition) is 3. The zero-order chi connectivity index (χ0) is 25.4. The van der Waals surface area contributed by atoms with Crippen LogP contribution in [0.3, 0.4) is 0 Å². The molecule has 0 saturated heterocycles. The molecule has 1 aromatic carbocycles. The smallest absolute Gasteiger partial charge is 0.235 e. The molecule has 0 aliphatic heterocycles. The molecule has 4 N–H and O–H groups in total. The van der Waals surface area contributed by atoms with E-state index in [1.165, 1.54) is 25.1 Å². The van der Waals surface area contributed by atoms with Crippen LogP contribution in [-0.2, 0) is 25.6 Å². The second kappa shape index (κ2) is 7.86. The van der Waals surface area contributed by atoms with Crippen molar-refractivity contribution in [1.82, 2.24) is 4.90 Å². The predicted molar refractivity (Wildman–Crippen MR) is 121 cm³/mol. The number of fused-ring (bicyclic) bond motifs is 3. The number of amides is 1. The lowest BCUT2D eigenvalue weighted by Crippen LogP contribution is -2.74. The fourth-order valence-corrected chi connectivity index (χ4v) is 6.50. The Bertz CT molecular complexity index is 1160. The van der Waals surface area contributed by atoms with E-state index in [-0.39, 0.29) is 23.4 Å². The monoisotopic (exact) mass is 491 g/mol. The van der Waals surface area contributed by atoms with Gasteiger partial charge in [0.2, 0.25) is 5.91 Å². The lowest BCUT2D eigenvalue weighted by Gasteiger charge is -2.52. The van der Waals surface area contributed by atoms with Gasteiger partial charge in [0, 0.05) is 26.1 Å². The maximum Gasteiger partial charge on any atom is 0.235 e. The van der Waals surface area contributed by atoms with Gasteiger partial charge < -0.3 is 20.8 Å². The zero-order valence-electron chi connectivity index (χ0n) is 19.2. The van der Waals surface area contributed by atoms with E-state index in [4.69, 9.17) is 17.3 Å². The van der Waals surface area contributed by atoms with E-state index in [0.29, 0.717) is 11.3 Å². The first-order valence-electron chi connectivity index (χ1n) is 10.8. The van der Waals surface area contributed by atoms with Crippen LogP contribution in [0.15, 0.2) is 6.07 Å². The first-order chi connectivity index (χ1) is 15.7. The molecule has 0 radical (unpaired) electrons. The number of anilines is 1. The van der Waals surface area contributed by atoms with Gasteiger partial charge in [0.25, 0.3) is 0 Å². The van der Waals surface area contributed by atoms with Crippen molar-refractivity contribution in [2.75, 3.05) is 33.1 Å². The maximum atomic E-state index is 13.7. The number of ketones is 4. The van der Waals surface area contributed by atoms with E-state index in [0.717, 1.165) is 0 Å². The second-order valence-electron chi connectivity index (χ2n) is 9.76. The number of Topliss-reactive ketones (excluding diaryl/α,β-unsaturated/α-hetero) is 4. The predicted octanol–water partition coefficient (Wildman–Crippen LogP) is -0.414. The zero-order valence-corrected chi connectivity index (χ0v) is 19.9. The third-order valence-corrected chi connectivity index (χ3v) is 7.72. The summed E-state index contributed by atoms with van der Waals surface area (Å²) in [5.74, 6) is -10.8. The summed E-state index contributed by atoms with van der Waals surface area (Å²) in [4.78, 5) is 68.6. The first kappa shape index (κ1) is 24.3. The van der Waals surface area contributed by atoms with Crippen molar-refractivity contribution in [3.05, 3.63) is 22.2 Å². The highest BCUT2D eigenvalue weighted by atomic mass is 35.5. The minimum absolute atomic E-state index is 0.00988. The topological polar surface area (TPSA) is 158 Å². The van der Waals surface area contributed by atoms with Crippen molar-refractivity contribution in [2.24, 2.45) is 29.4 Å². The Labute approximate surface area is 200 Å². The fraction of sp³-hybridized carbons (Fsp3) is 0.522. The molecule has 4 unspecified atom stereocenters. The highest BCUT2D eigenvalue weighted by molar-refractivity contribution is 6.35. The summed E-state index contributed by atoms with van der Waals surface area (Å²) in [6.07, 6.45) is 0.150. The number of phenols is 1. The number of carbonyl (C=O) groups excluding carboxylic acids is 5. The number of rotatable bonds is 3. The lowest BCUT2D eigenvalue weighted by atomic mass is 9.52. The average molecular weight is 492 g/mol. The van der Waals surface area contributed by atoms with Crippen LogP contribution >= 0.6 is 11.6 Å². The molecule has 3 aliphatic carbocycles. The Morgan fingerprint density at radius 3 is 2.29 bits per heavy atom. The molecule has 0 spiro atoms. The molecule has 2 fully saturated rings. The molecule has 2 saturated carbocycles. The van der Waals surface area contributed by atoms with E-state index in [1.54, 1.807) is 19.0 Å². The van der Waals surface area contributed by atoms with Crippen molar-refractivity contribution in [3.8, 4) is 5.75 Å². The van der Waals surface area contributed by atoms with Gasteiger partial charge in [-0.15, -0.1) is 0 Å². The van der Waals surface area contributed by atoms with Crippen LogP contribution in [0.2, 0.25) is 5.02 Å². The third-order valence-electron chi connectivity index (χ3n) is 7.43. The maximum absolute atomic E-state index is 13.7. The normalized spacial score (nSPS) is 32.9. The number of aliphatic hydroxyl groups is 1. The SMILES string of the molecule is CN(C)c1c(Cl)cc(O)c2c1CC1CC3[C@H](N(C)C)C(=O)C(C(N)=O)C(=O)[C@@]3(O)C(=O)C1C2=O. The van der Waals surface area contributed by atoms with Crippen LogP contribution in [-0.4, -0.2) is 84.0 Å². The lowest BCUT2D eigenvalue weighted by molar-refractivity contribution is -0.181. The van der Waals surface area contributed by atoms with E-state index >= 15 is 0 Å². The van der Waals surface area contributed by atoms with Gasteiger partial charge in [0.1, 0.15) is 5.75 Å². The molecule has 4 rings (SSSR count). The summed E-state index contributed by atoms with van der Waals surface area (Å²) < 4.78 is 0. The van der Waals surface area contributed by atoms with E-state index in [9.17, 15) is 34.2 Å². The van der Waals surface area contributed by atoms with Gasteiger partial charge in [-0.05, 0) is 38.4 Å². The summed E-state index contributed by atoms with van der Waals surface area (Å²) in [5, 5.41) is 22.3. The van der Waals surface area contributed by atoms with Crippen molar-refractivity contribution >= 4 is 46.3 Å². The highest BCUT2D eigenvalue weighted by Gasteiger charge is 2.69. The van der Waals surface area contributed by atoms with Crippen molar-refractivity contribution in [1.29, 1.82) is 0 Å². The minimum Gasteiger partial charge on any atom is -0.507 e. The van der Waals surface area contributed by atoms with Gasteiger partial charge in [-0.3, -0.25) is 28.9 Å². The highest BCUT2D eigenvalue weighted by Crippen LogP contribution is 2.52. The number of primary amides is 1. The van der Waals surface area contributed by atoms with Crippen molar-refractivity contribution in [3.63, 3.8) is 0 Å². The number of benzene rings is 1. The number of halogens is 1. The largest absolute Gasteiger partial charge is 0.507 e. The molecule has 34 heavy (non-hydrogen) atoms. The summed E-state index contributed by atoms with van der Waals surface area (Å²) >= 11 is 6.33. The standard InChI is InChI=1S/C23H26ClN3O7/c1-26(2)16-9-5-8-6-10-17(27(3)4)19(30)15(22(25)33)21(32)23(10,34)20(31)13(8)18(29)14(9)12(28)7-11(16)24/h7-8,10,13,15,17,28,34H,5-6H2,1-4H3,(H2,25,33)/t8?,10?,13?,15?,17-,23-/m0/s1. The van der Waals surface area contributed by atoms with Gasteiger partial charge >= 0.3 is 0 Å². The van der Waals surface area contributed by atoms with Crippen molar-refractivity contribution in [2.45, 2.75) is 24.5 Å². The molecule has 0 heterocycles. The van der Waals surface area contributed by atoms with Crippen molar-refractivity contribution < 1.29 is 34.2 Å². The van der Waals surface area contributed by atoms with Crippen LogP contribution < -0.4 is 10.6 Å². The van der Waals surface area contributed by atoms with E-state index in [1.807, 2.05) is 0 Å². The Morgan fingerprint density at radius 2 is 1.76 bits per heavy atom. The number of carbonyl (C=O) groups is 5. The molecule has 0 bridgehead atoms. The van der Waals surface area contributed by atoms with Gasteiger partial charge in [0.05, 0.1) is 28.2 Å². The molecule has 1 amide bonds. The summed E-state index contributed by atoms with van der Waals surface area (Å²) in [6.45, 7) is 0. The van der Waals surface area contributed by atoms with Gasteiger partial charge in [-0.2, -0.15) is 0 Å². The van der Waals surface area contributed by atoms with E-state index < -0.39 is 70.1 Å². The molecule has 3 aliphatic rings. The van der Waals surface area contributed by atoms with Crippen LogP contribution in [0, 0.1) is 23.7 Å². The number of nitrogens with two attached hydrogens (primary N) is 1. The Balaban J connectivity index is 1.91. The van der Waals surface area contributed by atoms with Crippen LogP contribution in [0.4, 0.5) is 5.69 Å². The molecular weight excluding hydrogens is 466 g/mol. The van der Waals surface area contributed by atoms with Crippen LogP contribution in [0.25, 0.3) is 0 Å². The number of likely N-dealkylation sites (N-methyl/N-ethyl adjacent to an activating group) is 1. The molecule has 0 aromatic heterocycles. The van der Waals surface area contributed by atoms with Crippen LogP contribution in [0.1, 0.15) is 22.3 Å².